The van der Waals surface area contributed by atoms with Crippen LogP contribution < -0.4 is 21.6 Å². The summed E-state index contributed by atoms with van der Waals surface area (Å²) in [6.45, 7) is 0. The maximum atomic E-state index is 4.91. The molecule has 6 N–H and O–H groups in total. The smallest absolute Gasteiger partial charge is 0.292 e. The molecular weight excluding hydrogens is 88.5 g/mol. The van der Waals surface area contributed by atoms with Crippen molar-refractivity contribution in [2.45, 2.75) is 0 Å². The topological polar surface area (TPSA) is 76.1 Å². The molecule has 0 aliphatic carbocycles. The molecule has 0 aromatic heterocycles. The molecule has 0 aromatic carbocycles. The lowest BCUT2D eigenvalue weighted by molar-refractivity contribution is 1.40. The van der Waals surface area contributed by atoms with E-state index in [0.29, 0.717) is 0 Å². The van der Waals surface area contributed by atoms with E-state index in [0.717, 1.165) is 0 Å². The SMILES string of the molecule is N[B]N[B]N[B]N. The third-order valence-corrected chi connectivity index (χ3v) is 0.359. The molecule has 0 unspecified atom stereocenters. The van der Waals surface area contributed by atoms with Crippen molar-refractivity contribution >= 4 is 22.6 Å². The monoisotopic (exact) mass is 95.1 g/mol. The highest BCUT2D eigenvalue weighted by atomic mass is 14.9. The van der Waals surface area contributed by atoms with Crippen LogP contribution in [0.4, 0.5) is 0 Å². The van der Waals surface area contributed by atoms with Gasteiger partial charge >= 0.3 is 0 Å². The number of nitrogens with one attached hydrogen (secondary N) is 2. The zero-order valence-corrected chi connectivity index (χ0v) is 3.89. The molecule has 0 bridgehead atoms. The quantitative estimate of drug-likeness (QED) is 0.217. The van der Waals surface area contributed by atoms with Gasteiger partial charge in [-0.15, -0.1) is 0 Å². The van der Waals surface area contributed by atoms with Crippen molar-refractivity contribution in [1.29, 1.82) is 0 Å². The van der Waals surface area contributed by atoms with Crippen LogP contribution in [0.2, 0.25) is 0 Å². The minimum Gasteiger partial charge on any atom is -0.379 e. The molecule has 7 heteroatoms. The lowest BCUT2D eigenvalue weighted by atomic mass is 9.97. The zero-order valence-electron chi connectivity index (χ0n) is 3.89. The Kier molecular flexibility index (Phi) is 6.06. The van der Waals surface area contributed by atoms with Crippen LogP contribution in [0.25, 0.3) is 0 Å². The predicted octanol–water partition coefficient (Wildman–Crippen LogP) is -3.31. The summed E-state index contributed by atoms with van der Waals surface area (Å²) in [4.78, 5) is 0. The van der Waals surface area contributed by atoms with Crippen molar-refractivity contribution in [2.75, 3.05) is 0 Å². The Morgan fingerprint density at radius 2 is 1.43 bits per heavy atom. The number of hydrogen-bond acceptors (Lipinski definition) is 4. The summed E-state index contributed by atoms with van der Waals surface area (Å²) in [7, 11) is 4.08. The minimum atomic E-state index is 1.29. The van der Waals surface area contributed by atoms with E-state index in [1.165, 1.54) is 22.6 Å². The first-order valence-electron chi connectivity index (χ1n) is 1.82. The molecule has 35 valence electrons. The lowest BCUT2D eigenvalue weighted by Crippen LogP contribution is -2.43. The molecule has 0 amide bonds. The molecule has 4 nitrogen and oxygen atoms in total. The van der Waals surface area contributed by atoms with E-state index >= 15 is 0 Å². The molecule has 0 aliphatic rings. The second kappa shape index (κ2) is 6.03. The van der Waals surface area contributed by atoms with Crippen molar-refractivity contribution in [1.82, 2.24) is 10.3 Å². The van der Waals surface area contributed by atoms with Gasteiger partial charge in [-0.25, -0.2) is 0 Å². The first-order valence-corrected chi connectivity index (χ1v) is 1.82. The van der Waals surface area contributed by atoms with Gasteiger partial charge in [-0.1, -0.05) is 0 Å². The molecule has 0 saturated heterocycles. The molecule has 3 radical (unpaired) electrons. The fraction of sp³-hybridized carbons (Fsp3) is 0. The van der Waals surface area contributed by atoms with E-state index < -0.39 is 0 Å². The maximum Gasteiger partial charge on any atom is 0.292 e. The standard InChI is InChI=1S/B3H6N4/c4-1-6-3-7-2-5/h6-7H,4-5H2. The van der Waals surface area contributed by atoms with Gasteiger partial charge in [0, 0.05) is 0 Å². The Bertz CT molecular complexity index is 26.1. The van der Waals surface area contributed by atoms with Crippen LogP contribution >= 0.6 is 0 Å². The first kappa shape index (κ1) is 7.03. The van der Waals surface area contributed by atoms with E-state index in [-0.39, 0.29) is 0 Å². The molecule has 0 heterocycles. The van der Waals surface area contributed by atoms with Gasteiger partial charge in [-0.05, 0) is 0 Å². The van der Waals surface area contributed by atoms with Crippen molar-refractivity contribution in [3.8, 4) is 0 Å². The molecule has 0 aromatic rings. The van der Waals surface area contributed by atoms with Crippen LogP contribution in [-0.4, -0.2) is 22.6 Å². The largest absolute Gasteiger partial charge is 0.379 e. The average molecular weight is 94.5 g/mol. The summed E-state index contributed by atoms with van der Waals surface area (Å²) in [6, 6.07) is 0. The van der Waals surface area contributed by atoms with Gasteiger partial charge in [0.25, 0.3) is 22.6 Å². The molecule has 0 aliphatic heterocycles. The van der Waals surface area contributed by atoms with E-state index in [1.807, 2.05) is 0 Å². The predicted molar refractivity (Wildman–Crippen MR) is 31.9 cm³/mol. The van der Waals surface area contributed by atoms with Crippen LogP contribution in [-0.2, 0) is 0 Å². The highest BCUT2D eigenvalue weighted by molar-refractivity contribution is 6.54. The van der Waals surface area contributed by atoms with Gasteiger partial charge in [0.2, 0.25) is 0 Å². The molecule has 0 rings (SSSR count). The number of nitrogens with two attached hydrogens (primary N) is 2. The zero-order chi connectivity index (χ0) is 5.54. The lowest BCUT2D eigenvalue weighted by Gasteiger charge is -1.92. The molecule has 0 fully saturated rings. The number of hydrogen-bond donors (Lipinski definition) is 4. The first-order chi connectivity index (χ1) is 3.41. The van der Waals surface area contributed by atoms with Crippen LogP contribution in [0.5, 0.6) is 0 Å². The molecule has 0 spiro atoms. The Morgan fingerprint density at radius 1 is 1.00 bits per heavy atom. The Labute approximate surface area is 45.3 Å². The van der Waals surface area contributed by atoms with Gasteiger partial charge in [0.15, 0.2) is 0 Å². The minimum absolute atomic E-state index is 1.29. The Balaban J connectivity index is 2.45. The van der Waals surface area contributed by atoms with Crippen molar-refractivity contribution in [2.24, 2.45) is 11.3 Å². The Hall–Kier alpha value is 0.0348. The average Bonchev–Trinajstić information content (AvgIpc) is 1.69. The van der Waals surface area contributed by atoms with Gasteiger partial charge in [0.1, 0.15) is 0 Å². The molecule has 0 saturated carbocycles. The normalized spacial score (nSPS) is 7.71. The Morgan fingerprint density at radius 3 is 1.71 bits per heavy atom. The van der Waals surface area contributed by atoms with Crippen LogP contribution in [0, 0.1) is 0 Å². The summed E-state index contributed by atoms with van der Waals surface area (Å²) < 4.78 is 0. The van der Waals surface area contributed by atoms with E-state index in [9.17, 15) is 0 Å². The number of rotatable bonds is 4. The second-order valence-corrected chi connectivity index (χ2v) is 0.811. The van der Waals surface area contributed by atoms with Gasteiger partial charge in [-0.3, -0.25) is 0 Å². The van der Waals surface area contributed by atoms with Gasteiger partial charge in [-0.2, -0.15) is 0 Å². The summed E-state index contributed by atoms with van der Waals surface area (Å²) in [5.74, 6) is 0. The highest BCUT2D eigenvalue weighted by Gasteiger charge is 1.84. The van der Waals surface area contributed by atoms with Crippen molar-refractivity contribution < 1.29 is 0 Å². The summed E-state index contributed by atoms with van der Waals surface area (Å²) in [5, 5.41) is 5.11. The second-order valence-electron chi connectivity index (χ2n) is 0.811. The van der Waals surface area contributed by atoms with Crippen molar-refractivity contribution in [3.63, 3.8) is 0 Å². The summed E-state index contributed by atoms with van der Waals surface area (Å²) >= 11 is 0. The highest BCUT2D eigenvalue weighted by Crippen LogP contribution is 1.30. The fourth-order valence-electron chi connectivity index (χ4n) is 0.144. The van der Waals surface area contributed by atoms with Crippen LogP contribution in [0.15, 0.2) is 0 Å². The fourth-order valence-corrected chi connectivity index (χ4v) is 0.144. The molecule has 7 heavy (non-hydrogen) atoms. The van der Waals surface area contributed by atoms with Crippen LogP contribution in [0.1, 0.15) is 0 Å². The van der Waals surface area contributed by atoms with Gasteiger partial charge < -0.3 is 21.6 Å². The van der Waals surface area contributed by atoms with E-state index in [2.05, 4.69) is 10.3 Å². The summed E-state index contributed by atoms with van der Waals surface area (Å²) in [5.41, 5.74) is 9.81. The van der Waals surface area contributed by atoms with E-state index in [1.54, 1.807) is 0 Å². The molecule has 0 atom stereocenters. The third-order valence-electron chi connectivity index (χ3n) is 0.359. The third kappa shape index (κ3) is 6.03. The van der Waals surface area contributed by atoms with E-state index in [4.69, 9.17) is 11.3 Å². The maximum absolute atomic E-state index is 4.91. The summed E-state index contributed by atoms with van der Waals surface area (Å²) in [6.07, 6.45) is 0. The van der Waals surface area contributed by atoms with Gasteiger partial charge in [0.05, 0.1) is 0 Å². The van der Waals surface area contributed by atoms with Crippen molar-refractivity contribution in [3.05, 3.63) is 0 Å². The van der Waals surface area contributed by atoms with Crippen LogP contribution in [0.3, 0.4) is 0 Å². The molecular formula is H6B3N4.